The van der Waals surface area contributed by atoms with Crippen LogP contribution < -0.4 is 15.2 Å². The molecular weight excluding hydrogens is 380 g/mol. The molecule has 1 aromatic carbocycles. The minimum atomic E-state index is -4.66. The van der Waals surface area contributed by atoms with Gasteiger partial charge in [-0.25, -0.2) is 0 Å². The number of hydrogen-bond donors (Lipinski definition) is 1. The normalized spacial score (nSPS) is 54.6. The van der Waals surface area contributed by atoms with E-state index in [0.29, 0.717) is 0 Å². The van der Waals surface area contributed by atoms with Gasteiger partial charge in [0.05, 0.1) is 21.1 Å². The number of piperidine rings is 1. The minimum absolute atomic E-state index is 0.289. The molecule has 0 radical (unpaired) electrons. The van der Waals surface area contributed by atoms with Gasteiger partial charge in [-0.15, -0.1) is 0 Å². The Balaban J connectivity index is 2.70. The first-order valence-electron chi connectivity index (χ1n) is 21.0. The van der Waals surface area contributed by atoms with Gasteiger partial charge in [0.1, 0.15) is 12.1 Å². The SMILES string of the molecule is [2H]c1c(OC)c(OC)c([2H])c2c1C1([2H])CC([2H])(OC(=O)[C@@]([2H])(N)C([2H])(C([2H])([2H])[2H])C([2H])([2H])[2H])C([2H])(C([2H])([2H])C([2H])(C)C([2H])([2H])[2H])C([2H])([2H])N1C([2H])([2H])C2([2H])[2H]. The number of carbonyl (C=O) groups is 1. The van der Waals surface area contributed by atoms with E-state index in [0.717, 1.165) is 14.2 Å². The second-order valence-corrected chi connectivity index (χ2v) is 6.10. The number of ether oxygens (including phenoxy) is 3. The van der Waals surface area contributed by atoms with Gasteiger partial charge in [-0.3, -0.25) is 9.69 Å². The summed E-state index contributed by atoms with van der Waals surface area (Å²) in [5.41, 5.74) is 3.18. The van der Waals surface area contributed by atoms with E-state index in [9.17, 15) is 11.6 Å². The van der Waals surface area contributed by atoms with Crippen molar-refractivity contribution >= 4 is 5.97 Å². The molecule has 5 atom stereocenters. The smallest absolute Gasteiger partial charge is 0.323 e. The van der Waals surface area contributed by atoms with Crippen molar-refractivity contribution in [3.8, 4) is 11.5 Å². The second-order valence-electron chi connectivity index (χ2n) is 6.10. The number of fused-ring (bicyclic) bond motifs is 3. The van der Waals surface area contributed by atoms with Crippen LogP contribution in [0.3, 0.4) is 0 Å². The first-order valence-corrected chi connectivity index (χ1v) is 8.50. The highest BCUT2D eigenvalue weighted by molar-refractivity contribution is 5.76. The Morgan fingerprint density at radius 3 is 2.83 bits per heavy atom. The van der Waals surface area contributed by atoms with Crippen molar-refractivity contribution in [1.29, 1.82) is 0 Å². The van der Waals surface area contributed by atoms with Gasteiger partial charge in [0.15, 0.2) is 11.5 Å². The predicted molar refractivity (Wildman–Crippen MR) is 118 cm³/mol. The highest BCUT2D eigenvalue weighted by atomic mass is 16.5. The van der Waals surface area contributed by atoms with Crippen molar-refractivity contribution in [3.63, 3.8) is 0 Å². The molecule has 2 N–H and O–H groups in total. The first-order chi connectivity index (χ1) is 23.9. The van der Waals surface area contributed by atoms with E-state index in [-0.39, 0.29) is 6.92 Å². The number of methoxy groups -OCH3 is 2. The van der Waals surface area contributed by atoms with E-state index in [4.69, 9.17) is 47.4 Å². The Morgan fingerprint density at radius 2 is 2.17 bits per heavy atom. The molecule has 2 heterocycles. The Kier molecular flexibility index (Phi) is 2.18. The molecule has 30 heavy (non-hydrogen) atoms. The third kappa shape index (κ3) is 4.75. The van der Waals surface area contributed by atoms with Crippen LogP contribution in [-0.2, 0) is 15.9 Å². The fourth-order valence-electron chi connectivity index (χ4n) is 2.67. The van der Waals surface area contributed by atoms with Crippen molar-refractivity contribution in [3.05, 3.63) is 23.2 Å². The minimum Gasteiger partial charge on any atom is -0.493 e. The molecule has 4 unspecified atom stereocenters. The maximum Gasteiger partial charge on any atom is 0.323 e. The van der Waals surface area contributed by atoms with Crippen molar-refractivity contribution in [2.24, 2.45) is 23.4 Å². The molecule has 6 nitrogen and oxygen atoms in total. The molecule has 3 rings (SSSR count). The van der Waals surface area contributed by atoms with Gasteiger partial charge in [0, 0.05) is 58.7 Å². The summed E-state index contributed by atoms with van der Waals surface area (Å²) in [4.78, 5) is 13.4. The molecule has 0 aliphatic carbocycles. The summed E-state index contributed by atoms with van der Waals surface area (Å²) < 4.78 is 228. The largest absolute Gasteiger partial charge is 0.493 e. The number of nitrogens with two attached hydrogens (primary N) is 1. The Hall–Kier alpha value is -1.79. The van der Waals surface area contributed by atoms with Gasteiger partial charge in [-0.05, 0) is 47.7 Å². The molecular formula is C24H38N2O4. The highest BCUT2D eigenvalue weighted by Crippen LogP contribution is 2.44. The number of hydrogen-bond acceptors (Lipinski definition) is 6. The predicted octanol–water partition coefficient (Wildman–Crippen LogP) is 3.56. The van der Waals surface area contributed by atoms with E-state index in [2.05, 4.69) is 0 Å². The van der Waals surface area contributed by atoms with Crippen LogP contribution in [0, 0.1) is 17.7 Å². The summed E-state index contributed by atoms with van der Waals surface area (Å²) in [5.74, 6) is -17.1. The van der Waals surface area contributed by atoms with E-state index in [1.165, 1.54) is 0 Å². The summed E-state index contributed by atoms with van der Waals surface area (Å²) >= 11 is 0. The summed E-state index contributed by atoms with van der Waals surface area (Å²) in [7, 11) is 1.85. The van der Waals surface area contributed by atoms with Crippen LogP contribution in [0.5, 0.6) is 11.5 Å². The summed E-state index contributed by atoms with van der Waals surface area (Å²) in [6, 6.07) is -10.3. The maximum atomic E-state index is 13.9. The molecule has 6 heteroatoms. The molecule has 168 valence electrons. The Bertz CT molecular complexity index is 1720. The van der Waals surface area contributed by atoms with Gasteiger partial charge in [-0.2, -0.15) is 0 Å². The topological polar surface area (TPSA) is 74.0 Å². The monoisotopic (exact) mass is 443 g/mol. The van der Waals surface area contributed by atoms with E-state index in [1.807, 2.05) is 0 Å². The van der Waals surface area contributed by atoms with Gasteiger partial charge in [-0.1, -0.05) is 27.5 Å². The van der Waals surface area contributed by atoms with Crippen molar-refractivity contribution < 1.29 is 53.3 Å². The number of rotatable bonds is 7. The van der Waals surface area contributed by atoms with Gasteiger partial charge in [0.25, 0.3) is 0 Å². The molecule has 1 aromatic rings. The lowest BCUT2D eigenvalue weighted by molar-refractivity contribution is -0.160. The average Bonchev–Trinajstić information content (AvgIpc) is 2.96. The zero-order valence-electron chi connectivity index (χ0n) is 41.4. The van der Waals surface area contributed by atoms with Gasteiger partial charge in [0.2, 0.25) is 0 Å². The lowest BCUT2D eigenvalue weighted by Gasteiger charge is -2.47. The number of nitrogens with zero attached hydrogens (tertiary/aromatic N) is 1. The fourth-order valence-corrected chi connectivity index (χ4v) is 2.67. The Labute approximate surface area is 216 Å². The molecule has 1 fully saturated rings. The Morgan fingerprint density at radius 1 is 1.43 bits per heavy atom. The van der Waals surface area contributed by atoms with Crippen LogP contribution in [0.1, 0.15) is 91.7 Å². The molecule has 2 aliphatic rings. The third-order valence-corrected chi connectivity index (χ3v) is 4.04. The van der Waals surface area contributed by atoms with Crippen LogP contribution in [0.4, 0.5) is 0 Å². The fraction of sp³-hybridized carbons (Fsp3) is 0.708. The van der Waals surface area contributed by atoms with Gasteiger partial charge < -0.3 is 19.9 Å². The van der Waals surface area contributed by atoms with E-state index in [1.54, 1.807) is 0 Å². The van der Waals surface area contributed by atoms with Crippen molar-refractivity contribution in [2.45, 2.75) is 64.8 Å². The zero-order chi connectivity index (χ0) is 43.9. The van der Waals surface area contributed by atoms with Gasteiger partial charge >= 0.3 is 5.97 Å². The molecule has 2 aliphatic heterocycles. The number of esters is 1. The zero-order valence-corrected chi connectivity index (χ0v) is 16.4. The molecule has 0 aromatic heterocycles. The second kappa shape index (κ2) is 9.56. The van der Waals surface area contributed by atoms with Crippen LogP contribution in [0.15, 0.2) is 12.1 Å². The lowest BCUT2D eigenvalue weighted by Crippen LogP contribution is -2.51. The van der Waals surface area contributed by atoms with Crippen molar-refractivity contribution in [2.75, 3.05) is 27.2 Å². The van der Waals surface area contributed by atoms with Crippen molar-refractivity contribution in [1.82, 2.24) is 4.90 Å². The van der Waals surface area contributed by atoms with Crippen LogP contribution >= 0.6 is 0 Å². The van der Waals surface area contributed by atoms with E-state index < -0.39 is 134 Å². The first kappa shape index (κ1) is 6.85. The molecule has 0 amide bonds. The molecule has 0 bridgehead atoms. The van der Waals surface area contributed by atoms with Crippen LogP contribution in [0.2, 0.25) is 0 Å². The molecule has 0 saturated carbocycles. The average molecular weight is 444 g/mol. The standard InChI is InChI=1S/C24H38N2O4/c1-14(2)9-17-13-26-8-7-16-10-21(28-5)22(29-6)11-18(16)19(26)12-20(17)30-24(27)23(25)15(3)4/h10-11,14-15,17,19-20,23H,7-9,12-13,25H2,1-6H3/t17?,19?,20?,23-/m0/s1/i1D3,3D3,4D3,7D2,8D2,9D2,10D,11D,13D2,14D,15D,17D,19D,20D,23D/t14?,17?,19?,20?,23-. The molecule has 0 spiro atoms. The molecule has 1 saturated heterocycles. The number of benzene rings is 1. The maximum absolute atomic E-state index is 13.9. The summed E-state index contributed by atoms with van der Waals surface area (Å²) in [6.07, 6.45) is -14.7. The summed E-state index contributed by atoms with van der Waals surface area (Å²) in [5, 5.41) is 0. The summed E-state index contributed by atoms with van der Waals surface area (Å²) in [6.45, 7) is -20.7. The van der Waals surface area contributed by atoms with E-state index >= 15 is 0 Å². The lowest BCUT2D eigenvalue weighted by atomic mass is 9.79. The van der Waals surface area contributed by atoms with Crippen LogP contribution in [-0.4, -0.2) is 50.2 Å². The highest BCUT2D eigenvalue weighted by Gasteiger charge is 2.41. The quantitative estimate of drug-likeness (QED) is 0.650. The third-order valence-electron chi connectivity index (χ3n) is 4.04. The van der Waals surface area contributed by atoms with Crippen LogP contribution in [0.25, 0.3) is 0 Å². The number of carbonyl (C=O) groups excluding carboxylic acids is 1.